The highest BCUT2D eigenvalue weighted by atomic mass is 19.4. The molecule has 2 fully saturated rings. The number of carbonyl (C=O) groups excluding carboxylic acids is 2. The van der Waals surface area contributed by atoms with E-state index in [9.17, 15) is 22.8 Å². The zero-order valence-electron chi connectivity index (χ0n) is 17.0. The first kappa shape index (κ1) is 21.2. The van der Waals surface area contributed by atoms with Crippen LogP contribution in [0.2, 0.25) is 0 Å². The third-order valence-electron chi connectivity index (χ3n) is 5.91. The van der Waals surface area contributed by atoms with Crippen LogP contribution in [-0.2, 0) is 15.8 Å². The van der Waals surface area contributed by atoms with Crippen molar-refractivity contribution < 1.29 is 32.4 Å². The predicted octanol–water partition coefficient (Wildman–Crippen LogP) is 1.75. The number of ether oxygens (including phenoxy) is 1. The van der Waals surface area contributed by atoms with Gasteiger partial charge in [-0.05, 0) is 30.3 Å². The summed E-state index contributed by atoms with van der Waals surface area (Å²) in [5.41, 5.74) is 0.270. The monoisotopic (exact) mass is 434 g/mol. The van der Waals surface area contributed by atoms with Crippen molar-refractivity contribution in [2.45, 2.75) is 18.6 Å². The van der Waals surface area contributed by atoms with Gasteiger partial charge >= 0.3 is 6.18 Å². The van der Waals surface area contributed by atoms with E-state index in [1.165, 1.54) is 18.1 Å². The fourth-order valence-electron chi connectivity index (χ4n) is 4.30. The quantitative estimate of drug-likeness (QED) is 0.746. The van der Waals surface area contributed by atoms with Crippen LogP contribution in [0.15, 0.2) is 48.5 Å². The molecule has 6 nitrogen and oxygen atoms in total. The second kappa shape index (κ2) is 8.22. The lowest BCUT2D eigenvalue weighted by Gasteiger charge is -2.35. The Hall–Kier alpha value is -3.07. The minimum Gasteiger partial charge on any atom is -0.495 e. The number of rotatable bonds is 4. The molecule has 1 N–H and O–H groups in total. The highest BCUT2D eigenvalue weighted by Gasteiger charge is 2.47. The molecule has 1 atom stereocenters. The van der Waals surface area contributed by atoms with Crippen LogP contribution in [0.25, 0.3) is 0 Å². The number of carbonyl (C=O) groups is 2. The summed E-state index contributed by atoms with van der Waals surface area (Å²) in [5.74, 6) is -0.0847. The molecular weight excluding hydrogens is 411 g/mol. The number of methoxy groups -OCH3 is 1. The van der Waals surface area contributed by atoms with Gasteiger partial charge in [-0.2, -0.15) is 13.2 Å². The minimum absolute atomic E-state index is 0.107. The van der Waals surface area contributed by atoms with Crippen LogP contribution in [0.3, 0.4) is 0 Å². The lowest BCUT2D eigenvalue weighted by atomic mass is 10.1. The number of amides is 2. The normalized spacial score (nSPS) is 20.5. The van der Waals surface area contributed by atoms with Crippen LogP contribution in [0, 0.1) is 0 Å². The number of benzene rings is 2. The molecule has 2 amide bonds. The van der Waals surface area contributed by atoms with Crippen molar-refractivity contribution in [3.8, 4) is 5.75 Å². The molecule has 9 heteroatoms. The van der Waals surface area contributed by atoms with Gasteiger partial charge in [0.05, 0.1) is 51.0 Å². The Morgan fingerprint density at radius 1 is 1.03 bits per heavy atom. The van der Waals surface area contributed by atoms with E-state index < -0.39 is 17.8 Å². The van der Waals surface area contributed by atoms with Crippen LogP contribution in [-0.4, -0.2) is 51.1 Å². The molecule has 0 saturated carbocycles. The van der Waals surface area contributed by atoms with Crippen LogP contribution in [0.4, 0.5) is 24.5 Å². The fraction of sp³-hybridized carbons (Fsp3) is 0.364. The van der Waals surface area contributed by atoms with E-state index >= 15 is 0 Å². The summed E-state index contributed by atoms with van der Waals surface area (Å²) in [6.45, 7) is 2.12. The van der Waals surface area contributed by atoms with Crippen molar-refractivity contribution in [2.75, 3.05) is 43.1 Å². The number of piperazine rings is 1. The van der Waals surface area contributed by atoms with Gasteiger partial charge in [-0.15, -0.1) is 0 Å². The van der Waals surface area contributed by atoms with E-state index in [1.807, 2.05) is 4.90 Å². The molecule has 1 unspecified atom stereocenters. The van der Waals surface area contributed by atoms with Gasteiger partial charge in [0.2, 0.25) is 5.91 Å². The molecule has 0 radical (unpaired) electrons. The molecule has 2 heterocycles. The lowest BCUT2D eigenvalue weighted by molar-refractivity contribution is -0.915. The molecule has 164 valence electrons. The second-order valence-corrected chi connectivity index (χ2v) is 7.69. The number of nitrogens with one attached hydrogen (secondary N) is 1. The molecule has 0 aliphatic carbocycles. The summed E-state index contributed by atoms with van der Waals surface area (Å²) in [6.07, 6.45) is -4.28. The van der Waals surface area contributed by atoms with Crippen molar-refractivity contribution in [1.82, 2.24) is 0 Å². The van der Waals surface area contributed by atoms with Crippen molar-refractivity contribution in [3.63, 3.8) is 0 Å². The van der Waals surface area contributed by atoms with Gasteiger partial charge < -0.3 is 14.5 Å². The lowest BCUT2D eigenvalue weighted by Crippen LogP contribution is -3.19. The van der Waals surface area contributed by atoms with Crippen LogP contribution >= 0.6 is 0 Å². The standard InChI is InChI=1S/C22H22F3N3O3/c1-31-19-8-3-2-7-17(19)28-20(29)14-18(21(28)30)27-11-9-26(10-12-27)16-6-4-5-15(13-16)22(23,24)25/h2-8,13,18H,9-12,14H2,1H3/p+1. The molecule has 4 rings (SSSR count). The topological polar surface area (TPSA) is 54.3 Å². The Morgan fingerprint density at radius 2 is 1.74 bits per heavy atom. The highest BCUT2D eigenvalue weighted by molar-refractivity contribution is 6.22. The van der Waals surface area contributed by atoms with Crippen molar-refractivity contribution in [1.29, 1.82) is 0 Å². The Morgan fingerprint density at radius 3 is 2.42 bits per heavy atom. The van der Waals surface area contributed by atoms with Gasteiger partial charge in [0.1, 0.15) is 5.75 Å². The SMILES string of the molecule is COc1ccccc1N1C(=O)CC([NH+]2CCN(c3cccc(C(F)(F)F)c3)CC2)C1=O. The van der Waals surface area contributed by atoms with Crippen molar-refractivity contribution in [2.24, 2.45) is 0 Å². The number of nitrogens with zero attached hydrogens (tertiary/aromatic N) is 2. The number of hydrogen-bond acceptors (Lipinski definition) is 4. The van der Waals surface area contributed by atoms with Gasteiger partial charge in [0, 0.05) is 5.69 Å². The molecule has 2 aromatic carbocycles. The average Bonchev–Trinajstić information content (AvgIpc) is 3.07. The van der Waals surface area contributed by atoms with Gasteiger partial charge in [-0.3, -0.25) is 9.59 Å². The van der Waals surface area contributed by atoms with Gasteiger partial charge in [-0.1, -0.05) is 18.2 Å². The Balaban J connectivity index is 1.45. The zero-order chi connectivity index (χ0) is 22.2. The molecule has 0 spiro atoms. The molecule has 0 bridgehead atoms. The molecule has 0 aromatic heterocycles. The van der Waals surface area contributed by atoms with Crippen molar-refractivity contribution >= 4 is 23.2 Å². The third-order valence-corrected chi connectivity index (χ3v) is 5.91. The van der Waals surface area contributed by atoms with E-state index in [1.54, 1.807) is 30.3 Å². The summed E-state index contributed by atoms with van der Waals surface area (Å²) in [7, 11) is 1.49. The Kier molecular flexibility index (Phi) is 5.62. The number of anilines is 2. The molecule has 31 heavy (non-hydrogen) atoms. The zero-order valence-corrected chi connectivity index (χ0v) is 17.0. The molecule has 2 saturated heterocycles. The Labute approximate surface area is 177 Å². The van der Waals surface area contributed by atoms with Crippen LogP contribution in [0.1, 0.15) is 12.0 Å². The smallest absolute Gasteiger partial charge is 0.416 e. The van der Waals surface area contributed by atoms with Crippen LogP contribution in [0.5, 0.6) is 5.75 Å². The second-order valence-electron chi connectivity index (χ2n) is 7.69. The number of halogens is 3. The molecule has 2 aliphatic heterocycles. The van der Waals surface area contributed by atoms with E-state index in [4.69, 9.17) is 4.74 Å². The molecule has 2 aromatic rings. The maximum atomic E-state index is 13.1. The average molecular weight is 434 g/mol. The Bertz CT molecular complexity index is 987. The number of imide groups is 1. The predicted molar refractivity (Wildman–Crippen MR) is 108 cm³/mol. The largest absolute Gasteiger partial charge is 0.495 e. The number of quaternary nitrogens is 1. The van der Waals surface area contributed by atoms with E-state index in [-0.39, 0.29) is 18.2 Å². The van der Waals surface area contributed by atoms with Crippen molar-refractivity contribution in [3.05, 3.63) is 54.1 Å². The molecular formula is C22H23F3N3O3+. The van der Waals surface area contributed by atoms with Gasteiger partial charge in [0.25, 0.3) is 5.91 Å². The van der Waals surface area contributed by atoms with E-state index in [2.05, 4.69) is 0 Å². The van der Waals surface area contributed by atoms with Gasteiger partial charge in [-0.25, -0.2) is 4.90 Å². The maximum absolute atomic E-state index is 13.1. The summed E-state index contributed by atoms with van der Waals surface area (Å²) in [4.78, 5) is 29.8. The fourth-order valence-corrected chi connectivity index (χ4v) is 4.30. The summed E-state index contributed by atoms with van der Waals surface area (Å²) in [5, 5.41) is 0. The summed E-state index contributed by atoms with van der Waals surface area (Å²) >= 11 is 0. The minimum atomic E-state index is -4.39. The summed E-state index contributed by atoms with van der Waals surface area (Å²) in [6, 6.07) is 11.7. The van der Waals surface area contributed by atoms with E-state index in [0.29, 0.717) is 43.3 Å². The first-order valence-electron chi connectivity index (χ1n) is 10.1. The number of hydrogen-bond donors (Lipinski definition) is 1. The number of para-hydroxylation sites is 2. The first-order valence-corrected chi connectivity index (χ1v) is 10.1. The summed E-state index contributed by atoms with van der Waals surface area (Å²) < 4.78 is 44.3. The first-order chi connectivity index (χ1) is 14.8. The third kappa shape index (κ3) is 4.10. The number of alkyl halides is 3. The molecule has 2 aliphatic rings. The van der Waals surface area contributed by atoms with Crippen LogP contribution < -0.4 is 19.4 Å². The highest BCUT2D eigenvalue weighted by Crippen LogP contribution is 2.32. The van der Waals surface area contributed by atoms with E-state index in [0.717, 1.165) is 17.0 Å². The maximum Gasteiger partial charge on any atom is 0.416 e. The van der Waals surface area contributed by atoms with Gasteiger partial charge in [0.15, 0.2) is 6.04 Å².